The standard InChI is InChI=1S/C34H23ClN2O4/c35-30-21-23(18-19-31(30)41-22-25-12-9-11-24-10-7-8-17-28(24)25)20-29-32(38)36(26-13-3-1-4-14-26)34(40)37(33(29)39)27-15-5-2-6-16-27/h1-21H,22H2. The Balaban J connectivity index is 1.32. The summed E-state index contributed by atoms with van der Waals surface area (Å²) < 4.78 is 6.03. The molecule has 5 aromatic rings. The molecule has 6 rings (SSSR count). The number of urea groups is 1. The summed E-state index contributed by atoms with van der Waals surface area (Å²) in [5.74, 6) is -0.966. The van der Waals surface area contributed by atoms with Gasteiger partial charge in [-0.2, -0.15) is 0 Å². The second-order valence-electron chi connectivity index (χ2n) is 9.41. The molecule has 0 atom stereocenters. The molecule has 4 amide bonds. The highest BCUT2D eigenvalue weighted by molar-refractivity contribution is 6.46. The fourth-order valence-corrected chi connectivity index (χ4v) is 5.05. The van der Waals surface area contributed by atoms with Crippen molar-refractivity contribution in [2.24, 2.45) is 0 Å². The van der Waals surface area contributed by atoms with E-state index in [1.54, 1.807) is 78.9 Å². The maximum absolute atomic E-state index is 13.6. The lowest BCUT2D eigenvalue weighted by Gasteiger charge is -2.33. The number of barbiturate groups is 1. The van der Waals surface area contributed by atoms with Gasteiger partial charge in [0.2, 0.25) is 0 Å². The number of amides is 4. The molecular formula is C34H23ClN2O4. The van der Waals surface area contributed by atoms with Crippen LogP contribution in [0, 0.1) is 0 Å². The van der Waals surface area contributed by atoms with Crippen molar-refractivity contribution in [3.63, 3.8) is 0 Å². The Hall–Kier alpha value is -5.20. The number of nitrogens with zero attached hydrogens (tertiary/aromatic N) is 2. The molecule has 0 radical (unpaired) electrons. The molecule has 1 saturated heterocycles. The van der Waals surface area contributed by atoms with Crippen molar-refractivity contribution in [1.29, 1.82) is 0 Å². The van der Waals surface area contributed by atoms with Gasteiger partial charge in [0, 0.05) is 0 Å². The van der Waals surface area contributed by atoms with Gasteiger partial charge in [-0.05, 0) is 64.4 Å². The Kier molecular flexibility index (Phi) is 7.06. The number of carbonyl (C=O) groups excluding carboxylic acids is 3. The van der Waals surface area contributed by atoms with Crippen LogP contribution in [-0.2, 0) is 16.2 Å². The monoisotopic (exact) mass is 558 g/mol. The lowest BCUT2D eigenvalue weighted by atomic mass is 10.0. The highest BCUT2D eigenvalue weighted by Crippen LogP contribution is 2.32. The minimum atomic E-state index is -0.746. The van der Waals surface area contributed by atoms with Gasteiger partial charge in [-0.1, -0.05) is 96.5 Å². The molecule has 0 spiro atoms. The molecule has 41 heavy (non-hydrogen) atoms. The number of hydrogen-bond acceptors (Lipinski definition) is 4. The lowest BCUT2D eigenvalue weighted by molar-refractivity contribution is -0.121. The number of hydrogen-bond donors (Lipinski definition) is 0. The number of imide groups is 2. The van der Waals surface area contributed by atoms with Crippen molar-refractivity contribution < 1.29 is 19.1 Å². The smallest absolute Gasteiger partial charge is 0.343 e. The molecule has 0 unspecified atom stereocenters. The Labute approximate surface area is 241 Å². The van der Waals surface area contributed by atoms with Gasteiger partial charge in [-0.15, -0.1) is 0 Å². The first-order chi connectivity index (χ1) is 20.0. The van der Waals surface area contributed by atoms with E-state index in [1.165, 1.54) is 6.08 Å². The number of rotatable bonds is 6. The van der Waals surface area contributed by atoms with E-state index in [9.17, 15) is 14.4 Å². The van der Waals surface area contributed by atoms with Crippen LogP contribution in [0.4, 0.5) is 16.2 Å². The van der Waals surface area contributed by atoms with E-state index in [2.05, 4.69) is 0 Å². The summed E-state index contributed by atoms with van der Waals surface area (Å²) in [6.07, 6.45) is 1.45. The van der Waals surface area contributed by atoms with Gasteiger partial charge in [-0.3, -0.25) is 9.59 Å². The molecule has 0 aliphatic carbocycles. The fourth-order valence-electron chi connectivity index (χ4n) is 4.80. The van der Waals surface area contributed by atoms with Gasteiger partial charge in [-0.25, -0.2) is 14.6 Å². The van der Waals surface area contributed by atoms with Crippen LogP contribution in [0.1, 0.15) is 11.1 Å². The van der Waals surface area contributed by atoms with Gasteiger partial charge >= 0.3 is 6.03 Å². The van der Waals surface area contributed by atoms with E-state index in [0.717, 1.165) is 26.1 Å². The normalized spacial score (nSPS) is 13.6. The van der Waals surface area contributed by atoms with E-state index in [4.69, 9.17) is 16.3 Å². The molecule has 200 valence electrons. The zero-order valence-electron chi connectivity index (χ0n) is 21.7. The molecule has 0 aromatic heterocycles. The minimum absolute atomic E-state index is 0.169. The average Bonchev–Trinajstić information content (AvgIpc) is 3.00. The highest BCUT2D eigenvalue weighted by atomic mass is 35.5. The number of halogens is 1. The maximum atomic E-state index is 13.6. The van der Waals surface area contributed by atoms with E-state index >= 15 is 0 Å². The van der Waals surface area contributed by atoms with Crippen molar-refractivity contribution in [3.8, 4) is 5.75 Å². The SMILES string of the molecule is O=C1C(=Cc2ccc(OCc3cccc4ccccc34)c(Cl)c2)C(=O)N(c2ccccc2)C(=O)N1c1ccccc1. The molecule has 1 aliphatic rings. The molecule has 1 heterocycles. The predicted octanol–water partition coefficient (Wildman–Crippen LogP) is 7.66. The number of fused-ring (bicyclic) bond motifs is 1. The average molecular weight is 559 g/mol. The Morgan fingerprint density at radius 2 is 1.24 bits per heavy atom. The Morgan fingerprint density at radius 3 is 1.88 bits per heavy atom. The van der Waals surface area contributed by atoms with Crippen molar-refractivity contribution >= 4 is 57.7 Å². The van der Waals surface area contributed by atoms with Crippen LogP contribution < -0.4 is 14.5 Å². The molecule has 1 aliphatic heterocycles. The quantitative estimate of drug-likeness (QED) is 0.158. The molecule has 1 fully saturated rings. The summed E-state index contributed by atoms with van der Waals surface area (Å²) in [6.45, 7) is 0.318. The van der Waals surface area contributed by atoms with Crippen LogP contribution in [-0.4, -0.2) is 17.8 Å². The molecule has 0 bridgehead atoms. The Morgan fingerprint density at radius 1 is 0.659 bits per heavy atom. The number of anilines is 2. The third kappa shape index (κ3) is 5.09. The molecule has 0 saturated carbocycles. The number of carbonyl (C=O) groups is 3. The van der Waals surface area contributed by atoms with E-state index in [0.29, 0.717) is 34.3 Å². The van der Waals surface area contributed by atoms with E-state index in [1.807, 2.05) is 42.5 Å². The molecule has 7 heteroatoms. The largest absolute Gasteiger partial charge is 0.487 e. The highest BCUT2D eigenvalue weighted by Gasteiger charge is 2.43. The van der Waals surface area contributed by atoms with Gasteiger partial charge in [0.05, 0.1) is 16.4 Å². The van der Waals surface area contributed by atoms with Crippen molar-refractivity contribution in [2.75, 3.05) is 9.80 Å². The van der Waals surface area contributed by atoms with E-state index < -0.39 is 17.8 Å². The number of ether oxygens (including phenoxy) is 1. The summed E-state index contributed by atoms with van der Waals surface area (Å²) >= 11 is 6.58. The zero-order valence-corrected chi connectivity index (χ0v) is 22.5. The van der Waals surface area contributed by atoms with Crippen molar-refractivity contribution in [2.45, 2.75) is 6.61 Å². The van der Waals surface area contributed by atoms with Crippen molar-refractivity contribution in [3.05, 3.63) is 143 Å². The lowest BCUT2D eigenvalue weighted by Crippen LogP contribution is -2.57. The number of benzene rings is 5. The van der Waals surface area contributed by atoms with Crippen LogP contribution in [0.25, 0.3) is 16.8 Å². The van der Waals surface area contributed by atoms with E-state index in [-0.39, 0.29) is 5.57 Å². The second-order valence-corrected chi connectivity index (χ2v) is 9.82. The summed E-state index contributed by atoms with van der Waals surface area (Å²) in [5, 5.41) is 2.55. The van der Waals surface area contributed by atoms with Gasteiger partial charge in [0.1, 0.15) is 17.9 Å². The van der Waals surface area contributed by atoms with Crippen molar-refractivity contribution in [1.82, 2.24) is 0 Å². The second kappa shape index (κ2) is 11.1. The Bertz CT molecular complexity index is 1750. The molecular weight excluding hydrogens is 536 g/mol. The summed E-state index contributed by atoms with van der Waals surface area (Å²) in [7, 11) is 0. The first-order valence-corrected chi connectivity index (χ1v) is 13.3. The fraction of sp³-hybridized carbons (Fsp3) is 0.0294. The summed E-state index contributed by atoms with van der Waals surface area (Å²) in [6, 6.07) is 35.4. The summed E-state index contributed by atoms with van der Waals surface area (Å²) in [4.78, 5) is 42.6. The number of para-hydroxylation sites is 2. The molecule has 0 N–H and O–H groups in total. The minimum Gasteiger partial charge on any atom is -0.487 e. The van der Waals surface area contributed by atoms with Gasteiger partial charge in [0.25, 0.3) is 11.8 Å². The summed E-state index contributed by atoms with van der Waals surface area (Å²) in [5.41, 5.74) is 2.09. The molecule has 5 aromatic carbocycles. The van der Waals surface area contributed by atoms with Crippen LogP contribution in [0.2, 0.25) is 5.02 Å². The first kappa shape index (κ1) is 26.0. The molecule has 6 nitrogen and oxygen atoms in total. The van der Waals surface area contributed by atoms with Gasteiger partial charge < -0.3 is 4.74 Å². The van der Waals surface area contributed by atoms with Crippen LogP contribution in [0.3, 0.4) is 0 Å². The maximum Gasteiger partial charge on any atom is 0.343 e. The predicted molar refractivity (Wildman–Crippen MR) is 161 cm³/mol. The topological polar surface area (TPSA) is 66.9 Å². The third-order valence-electron chi connectivity index (χ3n) is 6.81. The van der Waals surface area contributed by atoms with Crippen LogP contribution in [0.15, 0.2) is 127 Å². The van der Waals surface area contributed by atoms with Crippen LogP contribution in [0.5, 0.6) is 5.75 Å². The first-order valence-electron chi connectivity index (χ1n) is 12.9. The third-order valence-corrected chi connectivity index (χ3v) is 7.10. The van der Waals surface area contributed by atoms with Gasteiger partial charge in [0.15, 0.2) is 0 Å². The van der Waals surface area contributed by atoms with Crippen LogP contribution >= 0.6 is 11.6 Å². The zero-order chi connectivity index (χ0) is 28.3.